The summed E-state index contributed by atoms with van der Waals surface area (Å²) in [7, 11) is 1.75. The van der Waals surface area contributed by atoms with Gasteiger partial charge in [0.2, 0.25) is 5.91 Å². The molecule has 24 heavy (non-hydrogen) atoms. The Labute approximate surface area is 142 Å². The fourth-order valence-electron chi connectivity index (χ4n) is 3.95. The molecule has 2 atom stereocenters. The maximum Gasteiger partial charge on any atom is 0.329 e. The third-order valence-electron chi connectivity index (χ3n) is 5.29. The molecular weight excluding hydrogens is 302 g/mol. The second kappa shape index (κ2) is 7.24. The summed E-state index contributed by atoms with van der Waals surface area (Å²) in [6.07, 6.45) is 7.06. The molecule has 0 spiro atoms. The fraction of sp³-hybridized carbons (Fsp3) is 0.579. The molecule has 2 aromatic rings. The van der Waals surface area contributed by atoms with Gasteiger partial charge in [-0.15, -0.1) is 0 Å². The minimum Gasteiger partial charge on any atom is -0.352 e. The molecule has 5 heteroatoms. The number of aromatic nitrogens is 2. The van der Waals surface area contributed by atoms with Crippen LogP contribution >= 0.6 is 0 Å². The van der Waals surface area contributed by atoms with Gasteiger partial charge in [0.15, 0.2) is 0 Å². The number of imidazole rings is 1. The van der Waals surface area contributed by atoms with Crippen LogP contribution in [0.2, 0.25) is 0 Å². The van der Waals surface area contributed by atoms with E-state index in [1.165, 1.54) is 32.1 Å². The molecule has 0 aliphatic heterocycles. The second-order valence-corrected chi connectivity index (χ2v) is 6.92. The van der Waals surface area contributed by atoms with Crippen molar-refractivity contribution in [2.45, 2.75) is 58.0 Å². The molecule has 2 unspecified atom stereocenters. The van der Waals surface area contributed by atoms with E-state index in [0.717, 1.165) is 17.5 Å². The Kier molecular flexibility index (Phi) is 5.07. The topological polar surface area (TPSA) is 56.0 Å². The van der Waals surface area contributed by atoms with E-state index >= 15 is 0 Å². The third kappa shape index (κ3) is 3.25. The van der Waals surface area contributed by atoms with Gasteiger partial charge in [-0.3, -0.25) is 13.9 Å². The number of para-hydroxylation sites is 2. The largest absolute Gasteiger partial charge is 0.352 e. The zero-order chi connectivity index (χ0) is 17.1. The van der Waals surface area contributed by atoms with Crippen molar-refractivity contribution in [2.24, 2.45) is 13.0 Å². The molecule has 0 radical (unpaired) electrons. The molecule has 1 fully saturated rings. The zero-order valence-corrected chi connectivity index (χ0v) is 14.6. The van der Waals surface area contributed by atoms with E-state index < -0.39 is 0 Å². The fourth-order valence-corrected chi connectivity index (χ4v) is 3.95. The Morgan fingerprint density at radius 3 is 2.75 bits per heavy atom. The number of nitrogens with zero attached hydrogens (tertiary/aromatic N) is 2. The number of carbonyl (C=O) groups excluding carboxylic acids is 1. The molecule has 1 amide bonds. The SMILES string of the molecule is CCCCC1CCCC1NC(=O)Cn1c(=O)n(C)c2ccccc21. The Morgan fingerprint density at radius 2 is 2.00 bits per heavy atom. The molecule has 1 aliphatic rings. The van der Waals surface area contributed by atoms with Crippen molar-refractivity contribution < 1.29 is 4.79 Å². The van der Waals surface area contributed by atoms with Crippen LogP contribution in [0.25, 0.3) is 11.0 Å². The van der Waals surface area contributed by atoms with Gasteiger partial charge in [-0.25, -0.2) is 4.79 Å². The minimum atomic E-state index is -0.139. The quantitative estimate of drug-likeness (QED) is 0.886. The van der Waals surface area contributed by atoms with Crippen molar-refractivity contribution in [3.63, 3.8) is 0 Å². The number of amides is 1. The molecule has 1 aromatic carbocycles. The molecule has 0 bridgehead atoms. The molecular formula is C19H27N3O2. The Hall–Kier alpha value is -2.04. The number of nitrogens with one attached hydrogen (secondary N) is 1. The van der Waals surface area contributed by atoms with Crippen LogP contribution in [-0.2, 0) is 18.4 Å². The van der Waals surface area contributed by atoms with E-state index in [4.69, 9.17) is 0 Å². The van der Waals surface area contributed by atoms with Gasteiger partial charge < -0.3 is 5.32 Å². The molecule has 1 saturated carbocycles. The van der Waals surface area contributed by atoms with E-state index in [1.54, 1.807) is 16.2 Å². The monoisotopic (exact) mass is 329 g/mol. The number of carbonyl (C=O) groups is 1. The average Bonchev–Trinajstić information content (AvgIpc) is 3.12. The highest BCUT2D eigenvalue weighted by atomic mass is 16.2. The summed E-state index contributed by atoms with van der Waals surface area (Å²) in [6.45, 7) is 2.30. The molecule has 3 rings (SSSR count). The van der Waals surface area contributed by atoms with Crippen molar-refractivity contribution in [1.29, 1.82) is 0 Å². The number of rotatable bonds is 6. The van der Waals surface area contributed by atoms with Crippen LogP contribution in [0.15, 0.2) is 29.1 Å². The maximum absolute atomic E-state index is 12.5. The summed E-state index contributed by atoms with van der Waals surface area (Å²) in [5.74, 6) is 0.542. The Balaban J connectivity index is 1.72. The van der Waals surface area contributed by atoms with Crippen molar-refractivity contribution in [2.75, 3.05) is 0 Å². The van der Waals surface area contributed by atoms with Gasteiger partial charge in [-0.1, -0.05) is 38.3 Å². The summed E-state index contributed by atoms with van der Waals surface area (Å²) in [6, 6.07) is 7.87. The van der Waals surface area contributed by atoms with Crippen molar-refractivity contribution in [3.8, 4) is 0 Å². The first-order valence-electron chi connectivity index (χ1n) is 9.05. The highest BCUT2D eigenvalue weighted by Gasteiger charge is 2.28. The predicted molar refractivity (Wildman–Crippen MR) is 96.0 cm³/mol. The first-order valence-corrected chi connectivity index (χ1v) is 9.05. The van der Waals surface area contributed by atoms with Crippen LogP contribution in [0.4, 0.5) is 0 Å². The third-order valence-corrected chi connectivity index (χ3v) is 5.29. The number of hydrogen-bond donors (Lipinski definition) is 1. The van der Waals surface area contributed by atoms with Gasteiger partial charge in [0.1, 0.15) is 6.54 Å². The van der Waals surface area contributed by atoms with Gasteiger partial charge in [0.05, 0.1) is 11.0 Å². The Morgan fingerprint density at radius 1 is 1.25 bits per heavy atom. The molecule has 1 aliphatic carbocycles. The Bertz CT molecular complexity index is 775. The molecule has 1 heterocycles. The summed E-state index contributed by atoms with van der Waals surface area (Å²) in [4.78, 5) is 24.9. The van der Waals surface area contributed by atoms with Crippen molar-refractivity contribution in [3.05, 3.63) is 34.7 Å². The standard InChI is InChI=1S/C19H27N3O2/c1-3-4-8-14-9-7-10-15(14)20-18(23)13-22-17-12-6-5-11-16(17)21(2)19(22)24/h5-6,11-12,14-15H,3-4,7-10,13H2,1-2H3,(H,20,23). The second-order valence-electron chi connectivity index (χ2n) is 6.92. The first kappa shape index (κ1) is 16.8. The summed E-state index contributed by atoms with van der Waals surface area (Å²) >= 11 is 0. The smallest absolute Gasteiger partial charge is 0.329 e. The van der Waals surface area contributed by atoms with Crippen LogP contribution in [0, 0.1) is 5.92 Å². The molecule has 1 aromatic heterocycles. The highest BCUT2D eigenvalue weighted by Crippen LogP contribution is 2.29. The molecule has 130 valence electrons. The summed E-state index contributed by atoms with van der Waals surface area (Å²) in [5, 5.41) is 3.18. The van der Waals surface area contributed by atoms with Gasteiger partial charge in [0.25, 0.3) is 0 Å². The van der Waals surface area contributed by atoms with Crippen LogP contribution in [0.3, 0.4) is 0 Å². The molecule has 5 nitrogen and oxygen atoms in total. The van der Waals surface area contributed by atoms with Gasteiger partial charge in [-0.05, 0) is 37.3 Å². The van der Waals surface area contributed by atoms with E-state index in [1.807, 2.05) is 24.3 Å². The number of hydrogen-bond acceptors (Lipinski definition) is 2. The van der Waals surface area contributed by atoms with E-state index in [0.29, 0.717) is 5.92 Å². The lowest BCUT2D eigenvalue weighted by Gasteiger charge is -2.21. The van der Waals surface area contributed by atoms with Crippen LogP contribution < -0.4 is 11.0 Å². The van der Waals surface area contributed by atoms with Crippen molar-refractivity contribution in [1.82, 2.24) is 14.5 Å². The van der Waals surface area contributed by atoms with Gasteiger partial charge >= 0.3 is 5.69 Å². The van der Waals surface area contributed by atoms with Crippen molar-refractivity contribution >= 4 is 16.9 Å². The molecule has 0 saturated heterocycles. The van der Waals surface area contributed by atoms with E-state index in [9.17, 15) is 9.59 Å². The summed E-state index contributed by atoms with van der Waals surface area (Å²) < 4.78 is 3.17. The van der Waals surface area contributed by atoms with E-state index in [-0.39, 0.29) is 24.2 Å². The summed E-state index contributed by atoms with van der Waals surface area (Å²) in [5.41, 5.74) is 1.53. The number of aryl methyl sites for hydroxylation is 1. The van der Waals surface area contributed by atoms with Gasteiger partial charge in [0, 0.05) is 13.1 Å². The van der Waals surface area contributed by atoms with E-state index in [2.05, 4.69) is 12.2 Å². The zero-order valence-electron chi connectivity index (χ0n) is 14.6. The lowest BCUT2D eigenvalue weighted by molar-refractivity contribution is -0.122. The number of unbranched alkanes of at least 4 members (excludes halogenated alkanes) is 1. The number of fused-ring (bicyclic) bond motifs is 1. The average molecular weight is 329 g/mol. The van der Waals surface area contributed by atoms with Gasteiger partial charge in [-0.2, -0.15) is 0 Å². The minimum absolute atomic E-state index is 0.0538. The predicted octanol–water partition coefficient (Wildman–Crippen LogP) is 2.82. The lowest BCUT2D eigenvalue weighted by atomic mass is 9.97. The first-order chi connectivity index (χ1) is 11.6. The maximum atomic E-state index is 12.5. The highest BCUT2D eigenvalue weighted by molar-refractivity contribution is 5.81. The van der Waals surface area contributed by atoms with Crippen LogP contribution in [-0.4, -0.2) is 21.1 Å². The number of benzene rings is 1. The normalized spacial score (nSPS) is 20.6. The van der Waals surface area contributed by atoms with Crippen LogP contribution in [0.1, 0.15) is 45.4 Å². The van der Waals surface area contributed by atoms with Crippen LogP contribution in [0.5, 0.6) is 0 Å². The lowest BCUT2D eigenvalue weighted by Crippen LogP contribution is -2.40. The molecule has 1 N–H and O–H groups in total.